The van der Waals surface area contributed by atoms with Crippen molar-refractivity contribution in [3.63, 3.8) is 0 Å². The lowest BCUT2D eigenvalue weighted by Crippen LogP contribution is -2.37. The number of rotatable bonds is 4. The first-order valence-corrected chi connectivity index (χ1v) is 6.22. The minimum absolute atomic E-state index is 0.143. The van der Waals surface area contributed by atoms with Crippen LogP contribution >= 0.6 is 0 Å². The zero-order valence-electron chi connectivity index (χ0n) is 10.7. The second-order valence-corrected chi connectivity index (χ2v) is 4.52. The Kier molecular flexibility index (Phi) is 3.76. The number of anilines is 1. The summed E-state index contributed by atoms with van der Waals surface area (Å²) >= 11 is 0. The molecule has 0 aromatic carbocycles. The van der Waals surface area contributed by atoms with E-state index in [9.17, 15) is 10.1 Å². The normalized spacial score (nSPS) is 18.9. The lowest BCUT2D eigenvalue weighted by atomic mass is 10.2. The van der Waals surface area contributed by atoms with Gasteiger partial charge in [-0.05, 0) is 26.8 Å². The highest BCUT2D eigenvalue weighted by atomic mass is 16.6. The summed E-state index contributed by atoms with van der Waals surface area (Å²) in [6, 6.07) is 1.96. The number of nitrogens with one attached hydrogen (secondary N) is 1. The molecule has 0 aliphatic carbocycles. The van der Waals surface area contributed by atoms with Crippen LogP contribution in [0.15, 0.2) is 12.3 Å². The Bertz CT molecular complexity index is 444. The van der Waals surface area contributed by atoms with Gasteiger partial charge in [-0.1, -0.05) is 0 Å². The van der Waals surface area contributed by atoms with Crippen LogP contribution in [-0.4, -0.2) is 35.6 Å². The van der Waals surface area contributed by atoms with Gasteiger partial charge in [-0.15, -0.1) is 0 Å². The molecule has 0 spiro atoms. The molecule has 0 bridgehead atoms. The van der Waals surface area contributed by atoms with Crippen molar-refractivity contribution in [2.45, 2.75) is 26.3 Å². The predicted octanol–water partition coefficient (Wildman–Crippen LogP) is 1.49. The molecule has 1 aliphatic heterocycles. The molecule has 0 radical (unpaired) electrons. The van der Waals surface area contributed by atoms with Crippen molar-refractivity contribution in [1.29, 1.82) is 0 Å². The van der Waals surface area contributed by atoms with E-state index in [1.54, 1.807) is 19.2 Å². The van der Waals surface area contributed by atoms with Gasteiger partial charge in [-0.25, -0.2) is 4.98 Å². The van der Waals surface area contributed by atoms with E-state index in [2.05, 4.69) is 15.2 Å². The average molecular weight is 250 g/mol. The summed E-state index contributed by atoms with van der Waals surface area (Å²) in [4.78, 5) is 17.1. The molecule has 1 unspecified atom stereocenters. The minimum Gasteiger partial charge on any atom is -0.352 e. The van der Waals surface area contributed by atoms with Gasteiger partial charge in [0, 0.05) is 30.9 Å². The summed E-state index contributed by atoms with van der Waals surface area (Å²) in [7, 11) is 0. The monoisotopic (exact) mass is 250 g/mol. The van der Waals surface area contributed by atoms with Gasteiger partial charge in [0.2, 0.25) is 0 Å². The van der Waals surface area contributed by atoms with Crippen LogP contribution in [0, 0.1) is 17.0 Å². The molecule has 1 fully saturated rings. The van der Waals surface area contributed by atoms with Crippen molar-refractivity contribution in [3.8, 4) is 0 Å². The van der Waals surface area contributed by atoms with Crippen molar-refractivity contribution < 1.29 is 4.92 Å². The van der Waals surface area contributed by atoms with Gasteiger partial charge in [-0.2, -0.15) is 0 Å². The largest absolute Gasteiger partial charge is 0.352 e. The molecule has 0 amide bonds. The van der Waals surface area contributed by atoms with E-state index in [-0.39, 0.29) is 10.6 Å². The first kappa shape index (κ1) is 12.8. The molecule has 0 saturated carbocycles. The summed E-state index contributed by atoms with van der Waals surface area (Å²) < 4.78 is 0. The summed E-state index contributed by atoms with van der Waals surface area (Å²) in [5.41, 5.74) is 0.744. The van der Waals surface area contributed by atoms with Crippen LogP contribution in [0.4, 0.5) is 11.5 Å². The number of pyridine rings is 1. The molecule has 1 aliphatic rings. The van der Waals surface area contributed by atoms with Gasteiger partial charge in [-0.3, -0.25) is 10.1 Å². The molecule has 1 aromatic heterocycles. The maximum absolute atomic E-state index is 11.0. The smallest absolute Gasteiger partial charge is 0.277 e. The molecule has 1 aromatic rings. The van der Waals surface area contributed by atoms with Crippen LogP contribution in [0.5, 0.6) is 0 Å². The standard InChI is InChI=1S/C12H18N4O2/c1-3-15(10-4-5-13-8-10)12-6-11(16(17)18)9(2)7-14-12/h6-7,10,13H,3-5,8H2,1-2H3. The maximum Gasteiger partial charge on any atom is 0.277 e. The fourth-order valence-electron chi connectivity index (χ4n) is 2.37. The molecule has 98 valence electrons. The summed E-state index contributed by atoms with van der Waals surface area (Å²) in [5, 5.41) is 14.3. The van der Waals surface area contributed by atoms with Crippen LogP contribution in [0.2, 0.25) is 0 Å². The van der Waals surface area contributed by atoms with Crippen LogP contribution < -0.4 is 10.2 Å². The van der Waals surface area contributed by atoms with E-state index < -0.39 is 0 Å². The van der Waals surface area contributed by atoms with Crippen molar-refractivity contribution in [1.82, 2.24) is 10.3 Å². The number of hydrogen-bond donors (Lipinski definition) is 1. The van der Waals surface area contributed by atoms with E-state index >= 15 is 0 Å². The maximum atomic E-state index is 11.0. The number of nitrogens with zero attached hydrogens (tertiary/aromatic N) is 3. The highest BCUT2D eigenvalue weighted by molar-refractivity contribution is 5.51. The number of aryl methyl sites for hydroxylation is 1. The third-order valence-corrected chi connectivity index (χ3v) is 3.37. The predicted molar refractivity (Wildman–Crippen MR) is 69.9 cm³/mol. The van der Waals surface area contributed by atoms with Gasteiger partial charge < -0.3 is 10.2 Å². The number of likely N-dealkylation sites (N-methyl/N-ethyl adjacent to an activating group) is 1. The van der Waals surface area contributed by atoms with Gasteiger partial charge >= 0.3 is 0 Å². The van der Waals surface area contributed by atoms with Gasteiger partial charge in [0.05, 0.1) is 11.0 Å². The second-order valence-electron chi connectivity index (χ2n) is 4.52. The van der Waals surface area contributed by atoms with E-state index in [0.717, 1.165) is 26.1 Å². The summed E-state index contributed by atoms with van der Waals surface area (Å²) in [5.74, 6) is 0.698. The van der Waals surface area contributed by atoms with E-state index in [4.69, 9.17) is 0 Å². The SMILES string of the molecule is CCN(c1cc([N+](=O)[O-])c(C)cn1)C1CCNC1. The molecule has 2 heterocycles. The van der Waals surface area contributed by atoms with Gasteiger partial charge in [0.15, 0.2) is 0 Å². The Morgan fingerprint density at radius 2 is 2.44 bits per heavy atom. The Morgan fingerprint density at radius 3 is 3.00 bits per heavy atom. The van der Waals surface area contributed by atoms with Crippen LogP contribution in [0.25, 0.3) is 0 Å². The minimum atomic E-state index is -0.346. The molecular weight excluding hydrogens is 232 g/mol. The van der Waals surface area contributed by atoms with Gasteiger partial charge in [0.1, 0.15) is 5.82 Å². The van der Waals surface area contributed by atoms with Crippen molar-refractivity contribution in [2.24, 2.45) is 0 Å². The Balaban J connectivity index is 2.30. The Labute approximate surface area is 106 Å². The second kappa shape index (κ2) is 5.30. The zero-order chi connectivity index (χ0) is 13.1. The highest BCUT2D eigenvalue weighted by Gasteiger charge is 2.24. The Morgan fingerprint density at radius 1 is 1.67 bits per heavy atom. The molecular formula is C12H18N4O2. The summed E-state index contributed by atoms with van der Waals surface area (Å²) in [6.07, 6.45) is 2.63. The lowest BCUT2D eigenvalue weighted by Gasteiger charge is -2.28. The average Bonchev–Trinajstić information content (AvgIpc) is 2.85. The Hall–Kier alpha value is -1.69. The van der Waals surface area contributed by atoms with Crippen molar-refractivity contribution in [2.75, 3.05) is 24.5 Å². The fourth-order valence-corrected chi connectivity index (χ4v) is 2.37. The molecule has 2 rings (SSSR count). The fraction of sp³-hybridized carbons (Fsp3) is 0.583. The zero-order valence-corrected chi connectivity index (χ0v) is 10.7. The number of nitro groups is 1. The lowest BCUT2D eigenvalue weighted by molar-refractivity contribution is -0.385. The quantitative estimate of drug-likeness (QED) is 0.647. The molecule has 18 heavy (non-hydrogen) atoms. The van der Waals surface area contributed by atoms with E-state index in [1.165, 1.54) is 0 Å². The van der Waals surface area contributed by atoms with Crippen LogP contribution in [0.1, 0.15) is 18.9 Å². The van der Waals surface area contributed by atoms with Gasteiger partial charge in [0.25, 0.3) is 5.69 Å². The van der Waals surface area contributed by atoms with Crippen molar-refractivity contribution in [3.05, 3.63) is 27.9 Å². The topological polar surface area (TPSA) is 71.3 Å². The molecule has 1 saturated heterocycles. The van der Waals surface area contributed by atoms with Crippen molar-refractivity contribution >= 4 is 11.5 Å². The molecule has 6 heteroatoms. The first-order chi connectivity index (χ1) is 8.63. The first-order valence-electron chi connectivity index (χ1n) is 6.22. The number of hydrogen-bond acceptors (Lipinski definition) is 5. The third-order valence-electron chi connectivity index (χ3n) is 3.37. The molecule has 1 atom stereocenters. The molecule has 1 N–H and O–H groups in total. The highest BCUT2D eigenvalue weighted by Crippen LogP contribution is 2.24. The van der Waals surface area contributed by atoms with E-state index in [1.807, 2.05) is 6.92 Å². The third kappa shape index (κ3) is 2.43. The van der Waals surface area contributed by atoms with Crippen LogP contribution in [-0.2, 0) is 0 Å². The van der Waals surface area contributed by atoms with E-state index in [0.29, 0.717) is 17.4 Å². The number of aromatic nitrogens is 1. The van der Waals surface area contributed by atoms with Crippen LogP contribution in [0.3, 0.4) is 0 Å². The summed E-state index contributed by atoms with van der Waals surface area (Å²) in [6.45, 7) is 6.47. The molecule has 6 nitrogen and oxygen atoms in total.